The first-order valence-electron chi connectivity index (χ1n) is 7.41. The minimum Gasteiger partial charge on any atom is -0.317 e. The highest BCUT2D eigenvalue weighted by Crippen LogP contribution is 2.39. The van der Waals surface area contributed by atoms with E-state index in [1.807, 2.05) is 0 Å². The predicted molar refractivity (Wildman–Crippen MR) is 75.7 cm³/mol. The van der Waals surface area contributed by atoms with Crippen molar-refractivity contribution in [2.24, 2.45) is 5.41 Å². The van der Waals surface area contributed by atoms with E-state index in [1.54, 1.807) is 0 Å². The van der Waals surface area contributed by atoms with Crippen LogP contribution in [0.1, 0.15) is 38.5 Å². The van der Waals surface area contributed by atoms with Crippen molar-refractivity contribution in [3.63, 3.8) is 0 Å². The molecular weight excluding hydrogens is 228 g/mol. The molecule has 0 aromatic heterocycles. The lowest BCUT2D eigenvalue weighted by molar-refractivity contribution is 0.0359. The van der Waals surface area contributed by atoms with Gasteiger partial charge in [-0.25, -0.2) is 0 Å². The lowest BCUT2D eigenvalue weighted by Crippen LogP contribution is -2.52. The summed E-state index contributed by atoms with van der Waals surface area (Å²) < 4.78 is 0. The summed E-state index contributed by atoms with van der Waals surface area (Å²) in [6.07, 6.45) is 8.68. The van der Waals surface area contributed by atoms with Crippen LogP contribution in [0.25, 0.3) is 0 Å². The molecule has 1 spiro atoms. The van der Waals surface area contributed by atoms with E-state index in [4.69, 9.17) is 0 Å². The second-order valence-corrected chi connectivity index (χ2v) is 7.34. The molecule has 0 radical (unpaired) electrons. The van der Waals surface area contributed by atoms with E-state index in [9.17, 15) is 0 Å². The van der Waals surface area contributed by atoms with Gasteiger partial charge in [-0.3, -0.25) is 4.90 Å². The van der Waals surface area contributed by atoms with Gasteiger partial charge in [0.1, 0.15) is 0 Å². The molecular formula is C14H26N2S. The zero-order valence-corrected chi connectivity index (χ0v) is 11.7. The van der Waals surface area contributed by atoms with Crippen molar-refractivity contribution >= 4 is 11.8 Å². The van der Waals surface area contributed by atoms with Crippen LogP contribution in [0.15, 0.2) is 0 Å². The fourth-order valence-electron chi connectivity index (χ4n) is 3.93. The number of nitrogens with zero attached hydrogens (tertiary/aromatic N) is 1. The van der Waals surface area contributed by atoms with Crippen molar-refractivity contribution in [3.8, 4) is 0 Å². The van der Waals surface area contributed by atoms with Crippen LogP contribution in [0.5, 0.6) is 0 Å². The largest absolute Gasteiger partial charge is 0.317 e. The molecule has 0 saturated carbocycles. The molecule has 3 aliphatic rings. The minimum atomic E-state index is 0.686. The third-order valence-electron chi connectivity index (χ3n) is 5.01. The van der Waals surface area contributed by atoms with Crippen LogP contribution in [-0.2, 0) is 0 Å². The molecule has 3 saturated heterocycles. The number of thioether (sulfide) groups is 1. The van der Waals surface area contributed by atoms with Crippen LogP contribution in [-0.4, -0.2) is 48.6 Å². The molecule has 3 heterocycles. The molecule has 1 unspecified atom stereocenters. The fraction of sp³-hybridized carbons (Fsp3) is 1.00. The highest BCUT2D eigenvalue weighted by Gasteiger charge is 2.38. The van der Waals surface area contributed by atoms with Crippen molar-refractivity contribution in [2.45, 2.75) is 44.6 Å². The van der Waals surface area contributed by atoms with Crippen LogP contribution in [0.2, 0.25) is 0 Å². The van der Waals surface area contributed by atoms with Gasteiger partial charge in [-0.2, -0.15) is 11.8 Å². The second kappa shape index (κ2) is 5.50. The Morgan fingerprint density at radius 3 is 2.76 bits per heavy atom. The van der Waals surface area contributed by atoms with Gasteiger partial charge < -0.3 is 5.32 Å². The van der Waals surface area contributed by atoms with Crippen LogP contribution >= 0.6 is 11.8 Å². The Morgan fingerprint density at radius 2 is 2.00 bits per heavy atom. The van der Waals surface area contributed by atoms with E-state index in [-0.39, 0.29) is 0 Å². The molecule has 0 aliphatic carbocycles. The third kappa shape index (κ3) is 2.82. The predicted octanol–water partition coefficient (Wildman–Crippen LogP) is 2.35. The minimum absolute atomic E-state index is 0.686. The zero-order chi connectivity index (χ0) is 11.6. The van der Waals surface area contributed by atoms with Gasteiger partial charge in [0.2, 0.25) is 0 Å². The van der Waals surface area contributed by atoms with Gasteiger partial charge in [0.15, 0.2) is 0 Å². The summed E-state index contributed by atoms with van der Waals surface area (Å²) in [5, 5.41) is 3.53. The SMILES string of the molecule is C1CSCC(N2CCCC3(CCNCC3)C2)C1. The molecule has 98 valence electrons. The molecule has 17 heavy (non-hydrogen) atoms. The van der Waals surface area contributed by atoms with Crippen molar-refractivity contribution < 1.29 is 0 Å². The highest BCUT2D eigenvalue weighted by atomic mass is 32.2. The first-order valence-corrected chi connectivity index (χ1v) is 8.56. The van der Waals surface area contributed by atoms with Gasteiger partial charge in [-0.05, 0) is 69.3 Å². The van der Waals surface area contributed by atoms with Crippen molar-refractivity contribution in [2.75, 3.05) is 37.7 Å². The summed E-state index contributed by atoms with van der Waals surface area (Å²) in [7, 11) is 0. The van der Waals surface area contributed by atoms with Crippen molar-refractivity contribution in [3.05, 3.63) is 0 Å². The molecule has 3 heteroatoms. The van der Waals surface area contributed by atoms with Crippen molar-refractivity contribution in [1.29, 1.82) is 0 Å². The van der Waals surface area contributed by atoms with Gasteiger partial charge in [-0.1, -0.05) is 0 Å². The Bertz CT molecular complexity index is 239. The molecule has 1 N–H and O–H groups in total. The molecule has 0 amide bonds. The van der Waals surface area contributed by atoms with Gasteiger partial charge in [0, 0.05) is 18.3 Å². The Balaban J connectivity index is 1.61. The summed E-state index contributed by atoms with van der Waals surface area (Å²) in [5.74, 6) is 2.80. The van der Waals surface area contributed by atoms with E-state index in [0.29, 0.717) is 5.41 Å². The Kier molecular flexibility index (Phi) is 3.98. The average molecular weight is 254 g/mol. The molecule has 2 nitrogen and oxygen atoms in total. The topological polar surface area (TPSA) is 15.3 Å². The smallest absolute Gasteiger partial charge is 0.0186 e. The maximum atomic E-state index is 3.53. The monoisotopic (exact) mass is 254 g/mol. The van der Waals surface area contributed by atoms with Crippen LogP contribution < -0.4 is 5.32 Å². The Labute approximate surface area is 110 Å². The van der Waals surface area contributed by atoms with Crippen LogP contribution in [0.4, 0.5) is 0 Å². The van der Waals surface area contributed by atoms with Crippen LogP contribution in [0.3, 0.4) is 0 Å². The van der Waals surface area contributed by atoms with E-state index in [1.165, 1.54) is 76.2 Å². The number of likely N-dealkylation sites (tertiary alicyclic amines) is 1. The molecule has 3 aliphatic heterocycles. The van der Waals surface area contributed by atoms with Gasteiger partial charge in [0.05, 0.1) is 0 Å². The maximum Gasteiger partial charge on any atom is 0.0186 e. The number of hydrogen-bond donors (Lipinski definition) is 1. The second-order valence-electron chi connectivity index (χ2n) is 6.19. The number of nitrogens with one attached hydrogen (secondary N) is 1. The Hall–Kier alpha value is 0.270. The maximum absolute atomic E-state index is 3.53. The van der Waals surface area contributed by atoms with Gasteiger partial charge in [-0.15, -0.1) is 0 Å². The molecule has 1 atom stereocenters. The molecule has 0 aromatic rings. The summed E-state index contributed by atoms with van der Waals surface area (Å²) in [5.41, 5.74) is 0.686. The van der Waals surface area contributed by atoms with E-state index in [0.717, 1.165) is 6.04 Å². The standard InChI is InChI=1S/C14H26N2S/c1-3-13(11-17-10-1)16-9-2-4-14(12-16)5-7-15-8-6-14/h13,15H,1-12H2. The lowest BCUT2D eigenvalue weighted by Gasteiger charge is -2.48. The quantitative estimate of drug-likeness (QED) is 0.773. The molecule has 0 aromatic carbocycles. The summed E-state index contributed by atoms with van der Waals surface area (Å²) in [4.78, 5) is 2.85. The van der Waals surface area contributed by atoms with Crippen molar-refractivity contribution in [1.82, 2.24) is 10.2 Å². The van der Waals surface area contributed by atoms with Gasteiger partial charge in [0.25, 0.3) is 0 Å². The fourth-order valence-corrected chi connectivity index (χ4v) is 5.12. The summed E-state index contributed by atoms with van der Waals surface area (Å²) in [6.45, 7) is 5.29. The third-order valence-corrected chi connectivity index (χ3v) is 6.21. The number of rotatable bonds is 1. The first kappa shape index (κ1) is 12.3. The van der Waals surface area contributed by atoms with E-state index >= 15 is 0 Å². The Morgan fingerprint density at radius 1 is 1.12 bits per heavy atom. The molecule has 3 fully saturated rings. The summed E-state index contributed by atoms with van der Waals surface area (Å²) >= 11 is 2.18. The molecule has 3 rings (SSSR count). The van der Waals surface area contributed by atoms with E-state index in [2.05, 4.69) is 22.0 Å². The van der Waals surface area contributed by atoms with Crippen LogP contribution in [0, 0.1) is 5.41 Å². The van der Waals surface area contributed by atoms with Gasteiger partial charge >= 0.3 is 0 Å². The average Bonchev–Trinajstić information content (AvgIpc) is 2.41. The highest BCUT2D eigenvalue weighted by molar-refractivity contribution is 7.99. The molecule has 0 bridgehead atoms. The lowest BCUT2D eigenvalue weighted by atomic mass is 9.72. The number of hydrogen-bond acceptors (Lipinski definition) is 3. The normalized spacial score (nSPS) is 34.9. The first-order chi connectivity index (χ1) is 8.38. The zero-order valence-electron chi connectivity index (χ0n) is 10.9. The number of piperidine rings is 2. The van der Waals surface area contributed by atoms with E-state index < -0.39 is 0 Å². The summed E-state index contributed by atoms with van der Waals surface area (Å²) in [6, 6.07) is 0.904.